The largest absolute Gasteiger partial charge is 0.271 e. The molecule has 1 atom stereocenters. The molecule has 1 unspecified atom stereocenters. The van der Waals surface area contributed by atoms with Crippen molar-refractivity contribution in [2.24, 2.45) is 5.84 Å². The van der Waals surface area contributed by atoms with Crippen LogP contribution >= 0.6 is 27.3 Å². The highest BCUT2D eigenvalue weighted by Crippen LogP contribution is 2.26. The summed E-state index contributed by atoms with van der Waals surface area (Å²) in [5.41, 5.74) is 6.05. The summed E-state index contributed by atoms with van der Waals surface area (Å²) in [5, 5.41) is 0. The highest BCUT2D eigenvalue weighted by molar-refractivity contribution is 9.10. The highest BCUT2D eigenvalue weighted by atomic mass is 79.9. The van der Waals surface area contributed by atoms with Crippen LogP contribution in [0.3, 0.4) is 0 Å². The van der Waals surface area contributed by atoms with Crippen LogP contribution in [0.25, 0.3) is 0 Å². The Balaban J connectivity index is 2.26. The van der Waals surface area contributed by atoms with Gasteiger partial charge in [-0.25, -0.2) is 9.37 Å². The first kappa shape index (κ1) is 13.6. The molecule has 6 heteroatoms. The molecule has 2 rings (SSSR count). The van der Waals surface area contributed by atoms with Crippen molar-refractivity contribution in [1.29, 1.82) is 0 Å². The summed E-state index contributed by atoms with van der Waals surface area (Å²) >= 11 is 4.87. The van der Waals surface area contributed by atoms with Gasteiger partial charge >= 0.3 is 0 Å². The second-order valence-corrected chi connectivity index (χ2v) is 5.76. The lowest BCUT2D eigenvalue weighted by Crippen LogP contribution is -2.29. The Bertz CT molecular complexity index is 544. The Kier molecular flexibility index (Phi) is 4.45. The zero-order valence-electron chi connectivity index (χ0n) is 9.78. The second kappa shape index (κ2) is 5.88. The van der Waals surface area contributed by atoms with E-state index in [0.29, 0.717) is 12.0 Å². The van der Waals surface area contributed by atoms with Crippen molar-refractivity contribution in [1.82, 2.24) is 10.4 Å². The van der Waals surface area contributed by atoms with Crippen molar-refractivity contribution in [3.8, 4) is 0 Å². The lowest BCUT2D eigenvalue weighted by Gasteiger charge is -2.15. The number of nitrogens with zero attached hydrogens (tertiary/aromatic N) is 1. The van der Waals surface area contributed by atoms with E-state index in [9.17, 15) is 4.39 Å². The number of halogens is 2. The van der Waals surface area contributed by atoms with E-state index in [0.717, 1.165) is 15.0 Å². The molecule has 1 aromatic heterocycles. The molecule has 0 bridgehead atoms. The van der Waals surface area contributed by atoms with Gasteiger partial charge in [0, 0.05) is 9.35 Å². The molecule has 0 amide bonds. The molecular weight excluding hydrogens is 317 g/mol. The molecular formula is C12H13BrFN3S. The maximum atomic E-state index is 13.7. The van der Waals surface area contributed by atoms with Gasteiger partial charge in [-0.15, -0.1) is 11.3 Å². The van der Waals surface area contributed by atoms with Gasteiger partial charge in [-0.3, -0.25) is 11.3 Å². The van der Waals surface area contributed by atoms with Gasteiger partial charge in [0.05, 0.1) is 17.2 Å². The summed E-state index contributed by atoms with van der Waals surface area (Å²) in [6.07, 6.45) is 0.491. The van der Waals surface area contributed by atoms with Crippen molar-refractivity contribution in [3.05, 3.63) is 50.1 Å². The summed E-state index contributed by atoms with van der Waals surface area (Å²) in [6, 6.07) is 4.78. The summed E-state index contributed by atoms with van der Waals surface area (Å²) < 4.78 is 14.6. The van der Waals surface area contributed by atoms with E-state index in [4.69, 9.17) is 5.84 Å². The first-order chi connectivity index (χ1) is 8.61. The number of aryl methyl sites for hydroxylation is 1. The molecule has 2 aromatic rings. The number of hydrogen-bond acceptors (Lipinski definition) is 4. The number of rotatable bonds is 4. The molecule has 0 aliphatic heterocycles. The Hall–Kier alpha value is -0.820. The Morgan fingerprint density at radius 1 is 1.56 bits per heavy atom. The fourth-order valence-corrected chi connectivity index (χ4v) is 3.06. The van der Waals surface area contributed by atoms with Gasteiger partial charge in [-0.2, -0.15) is 0 Å². The third-order valence-corrected chi connectivity index (χ3v) is 4.27. The average molecular weight is 330 g/mol. The summed E-state index contributed by atoms with van der Waals surface area (Å²) in [5.74, 6) is 5.34. The minimum absolute atomic E-state index is 0.124. The predicted octanol–water partition coefficient (Wildman–Crippen LogP) is 3.10. The number of benzene rings is 1. The zero-order chi connectivity index (χ0) is 13.1. The monoisotopic (exact) mass is 329 g/mol. The highest BCUT2D eigenvalue weighted by Gasteiger charge is 2.17. The fourth-order valence-electron chi connectivity index (χ4n) is 1.79. The van der Waals surface area contributed by atoms with Crippen LogP contribution in [0.1, 0.15) is 22.2 Å². The quantitative estimate of drug-likeness (QED) is 0.669. The van der Waals surface area contributed by atoms with Crippen LogP contribution in [0.4, 0.5) is 4.39 Å². The normalized spacial score (nSPS) is 12.7. The molecule has 3 nitrogen and oxygen atoms in total. The van der Waals surface area contributed by atoms with Crippen molar-refractivity contribution in [2.45, 2.75) is 19.4 Å². The Morgan fingerprint density at radius 3 is 2.94 bits per heavy atom. The molecule has 1 heterocycles. The zero-order valence-corrected chi connectivity index (χ0v) is 12.2. The van der Waals surface area contributed by atoms with E-state index in [2.05, 4.69) is 26.3 Å². The standard InChI is InChI=1S/C12H13BrFN3S/c1-7-12(18-6-16-7)11(17-15)5-8-4-9(13)2-3-10(8)14/h2-4,6,11,17H,5,15H2,1H3. The van der Waals surface area contributed by atoms with Crippen molar-refractivity contribution >= 4 is 27.3 Å². The summed E-state index contributed by atoms with van der Waals surface area (Å²) in [6.45, 7) is 1.92. The number of nitrogens with two attached hydrogens (primary N) is 1. The van der Waals surface area contributed by atoms with Gasteiger partial charge in [-0.05, 0) is 37.1 Å². The van der Waals surface area contributed by atoms with Gasteiger partial charge < -0.3 is 0 Å². The SMILES string of the molecule is Cc1ncsc1C(Cc1cc(Br)ccc1F)NN. The minimum atomic E-state index is -0.222. The molecule has 96 valence electrons. The molecule has 1 aromatic carbocycles. The lowest BCUT2D eigenvalue weighted by molar-refractivity contribution is 0.532. The molecule has 3 N–H and O–H groups in total. The maximum Gasteiger partial charge on any atom is 0.126 e. The van der Waals surface area contributed by atoms with Crippen LogP contribution < -0.4 is 11.3 Å². The third-order valence-electron chi connectivity index (χ3n) is 2.73. The van der Waals surface area contributed by atoms with Gasteiger partial charge in [0.1, 0.15) is 5.82 Å². The summed E-state index contributed by atoms with van der Waals surface area (Å²) in [7, 11) is 0. The van der Waals surface area contributed by atoms with Gasteiger partial charge in [0.2, 0.25) is 0 Å². The molecule has 0 fully saturated rings. The topological polar surface area (TPSA) is 50.9 Å². The first-order valence-corrected chi connectivity index (χ1v) is 7.09. The van der Waals surface area contributed by atoms with Crippen LogP contribution in [0, 0.1) is 12.7 Å². The second-order valence-electron chi connectivity index (χ2n) is 3.96. The van der Waals surface area contributed by atoms with E-state index < -0.39 is 0 Å². The number of hydrogen-bond donors (Lipinski definition) is 2. The van der Waals surface area contributed by atoms with E-state index in [1.165, 1.54) is 17.4 Å². The number of nitrogens with one attached hydrogen (secondary N) is 1. The lowest BCUT2D eigenvalue weighted by atomic mass is 10.0. The van der Waals surface area contributed by atoms with Crippen LogP contribution in [-0.2, 0) is 6.42 Å². The number of thiazole rings is 1. The smallest absolute Gasteiger partial charge is 0.126 e. The number of hydrazine groups is 1. The third kappa shape index (κ3) is 2.95. The maximum absolute atomic E-state index is 13.7. The van der Waals surface area contributed by atoms with Crippen molar-refractivity contribution in [2.75, 3.05) is 0 Å². The molecule has 0 saturated carbocycles. The Labute approximate surface area is 117 Å². The van der Waals surface area contributed by atoms with E-state index in [1.54, 1.807) is 17.6 Å². The first-order valence-electron chi connectivity index (χ1n) is 5.42. The number of aromatic nitrogens is 1. The van der Waals surface area contributed by atoms with Gasteiger partial charge in [-0.1, -0.05) is 15.9 Å². The van der Waals surface area contributed by atoms with Gasteiger partial charge in [0.25, 0.3) is 0 Å². The molecule has 0 radical (unpaired) electrons. The van der Waals surface area contributed by atoms with E-state index in [-0.39, 0.29) is 11.9 Å². The molecule has 0 saturated heterocycles. The Morgan fingerprint density at radius 2 is 2.33 bits per heavy atom. The minimum Gasteiger partial charge on any atom is -0.271 e. The fraction of sp³-hybridized carbons (Fsp3) is 0.250. The predicted molar refractivity (Wildman–Crippen MR) is 74.7 cm³/mol. The van der Waals surface area contributed by atoms with Crippen LogP contribution in [0.5, 0.6) is 0 Å². The molecule has 0 spiro atoms. The van der Waals surface area contributed by atoms with Crippen LogP contribution in [0.2, 0.25) is 0 Å². The van der Waals surface area contributed by atoms with Crippen molar-refractivity contribution < 1.29 is 4.39 Å². The summed E-state index contributed by atoms with van der Waals surface area (Å²) in [4.78, 5) is 5.23. The van der Waals surface area contributed by atoms with Crippen LogP contribution in [-0.4, -0.2) is 4.98 Å². The average Bonchev–Trinajstić information content (AvgIpc) is 2.77. The van der Waals surface area contributed by atoms with Gasteiger partial charge in [0.15, 0.2) is 0 Å². The van der Waals surface area contributed by atoms with E-state index in [1.807, 2.05) is 6.92 Å². The van der Waals surface area contributed by atoms with Crippen molar-refractivity contribution in [3.63, 3.8) is 0 Å². The molecule has 0 aliphatic rings. The molecule has 18 heavy (non-hydrogen) atoms. The van der Waals surface area contributed by atoms with E-state index >= 15 is 0 Å². The molecule has 0 aliphatic carbocycles. The van der Waals surface area contributed by atoms with Crippen LogP contribution in [0.15, 0.2) is 28.2 Å².